The first-order valence-electron chi connectivity index (χ1n) is 6.75. The monoisotopic (exact) mass is 322 g/mol. The minimum Gasteiger partial charge on any atom is -0.493 e. The number of ether oxygens (including phenoxy) is 3. The average molecular weight is 322 g/mol. The van der Waals surface area contributed by atoms with Crippen molar-refractivity contribution in [3.8, 4) is 17.2 Å². The summed E-state index contributed by atoms with van der Waals surface area (Å²) in [6.45, 7) is -0.572. The van der Waals surface area contributed by atoms with Crippen molar-refractivity contribution in [2.75, 3.05) is 33.3 Å². The van der Waals surface area contributed by atoms with Gasteiger partial charge in [0.2, 0.25) is 5.75 Å². The number of aliphatic carboxylic acids is 1. The van der Waals surface area contributed by atoms with Crippen molar-refractivity contribution in [3.63, 3.8) is 0 Å². The smallest absolute Gasteiger partial charge is 0.328 e. The molecule has 0 saturated carbocycles. The van der Waals surface area contributed by atoms with Gasteiger partial charge in [0.1, 0.15) is 11.9 Å². The van der Waals surface area contributed by atoms with Gasteiger partial charge in [0.15, 0.2) is 11.5 Å². The molecule has 23 heavy (non-hydrogen) atoms. The summed E-state index contributed by atoms with van der Waals surface area (Å²) in [7, 11) is 4.48. The second-order valence-corrected chi connectivity index (χ2v) is 4.62. The molecule has 0 aliphatic carbocycles. The van der Waals surface area contributed by atoms with E-state index in [1.165, 1.54) is 27.5 Å². The van der Waals surface area contributed by atoms with Gasteiger partial charge in [0, 0.05) is 17.0 Å². The molecule has 3 N–H and O–H groups in total. The second kappa shape index (κ2) is 7.01. The molecule has 0 spiro atoms. The first kappa shape index (κ1) is 16.6. The number of aliphatic hydroxyl groups is 1. The molecule has 0 aliphatic heterocycles. The molecule has 0 amide bonds. The summed E-state index contributed by atoms with van der Waals surface area (Å²) in [4.78, 5) is 15.2. The van der Waals surface area contributed by atoms with Crippen molar-refractivity contribution in [3.05, 3.63) is 18.3 Å². The lowest BCUT2D eigenvalue weighted by molar-refractivity contribution is -0.138. The van der Waals surface area contributed by atoms with Crippen LogP contribution in [-0.2, 0) is 4.79 Å². The molecule has 0 saturated heterocycles. The molecule has 1 unspecified atom stereocenters. The van der Waals surface area contributed by atoms with Crippen molar-refractivity contribution >= 4 is 22.6 Å². The highest BCUT2D eigenvalue weighted by atomic mass is 16.5. The number of carboxylic acid groups (broad SMARTS) is 1. The van der Waals surface area contributed by atoms with Crippen molar-refractivity contribution < 1.29 is 29.2 Å². The van der Waals surface area contributed by atoms with Crippen LogP contribution < -0.4 is 19.5 Å². The maximum absolute atomic E-state index is 11.1. The number of carbonyl (C=O) groups is 1. The normalized spacial score (nSPS) is 11.8. The Kier molecular flexibility index (Phi) is 5.07. The average Bonchev–Trinajstić information content (AvgIpc) is 2.57. The van der Waals surface area contributed by atoms with E-state index in [1.54, 1.807) is 12.1 Å². The lowest BCUT2D eigenvalue weighted by Crippen LogP contribution is -2.33. The quantitative estimate of drug-likeness (QED) is 0.695. The van der Waals surface area contributed by atoms with Gasteiger partial charge in [-0.25, -0.2) is 9.78 Å². The number of nitrogens with one attached hydrogen (secondary N) is 1. The highest BCUT2D eigenvalue weighted by Gasteiger charge is 2.21. The summed E-state index contributed by atoms with van der Waals surface area (Å²) >= 11 is 0. The fourth-order valence-corrected chi connectivity index (χ4v) is 2.26. The van der Waals surface area contributed by atoms with Crippen LogP contribution in [-0.4, -0.2) is 55.1 Å². The zero-order valence-electron chi connectivity index (χ0n) is 13.0. The molecule has 1 heterocycles. The maximum atomic E-state index is 11.1. The zero-order valence-corrected chi connectivity index (χ0v) is 13.0. The van der Waals surface area contributed by atoms with Gasteiger partial charge in [0.25, 0.3) is 0 Å². The van der Waals surface area contributed by atoms with Gasteiger partial charge in [-0.05, 0) is 12.1 Å². The number of carboxylic acids is 1. The Morgan fingerprint density at radius 3 is 2.43 bits per heavy atom. The maximum Gasteiger partial charge on any atom is 0.328 e. The van der Waals surface area contributed by atoms with Crippen LogP contribution in [0.5, 0.6) is 17.2 Å². The van der Waals surface area contributed by atoms with Gasteiger partial charge >= 0.3 is 5.97 Å². The summed E-state index contributed by atoms with van der Waals surface area (Å²) in [6, 6.07) is 2.21. The number of hydrogen-bond acceptors (Lipinski definition) is 7. The fraction of sp³-hybridized carbons (Fsp3) is 0.333. The Bertz CT molecular complexity index is 719. The lowest BCUT2D eigenvalue weighted by Gasteiger charge is -2.18. The van der Waals surface area contributed by atoms with Gasteiger partial charge < -0.3 is 29.7 Å². The Morgan fingerprint density at radius 1 is 1.22 bits per heavy atom. The Labute approximate surface area is 132 Å². The minimum atomic E-state index is -1.18. The number of rotatable bonds is 7. The molecule has 1 aromatic heterocycles. The third kappa shape index (κ3) is 3.07. The molecular weight excluding hydrogens is 304 g/mol. The van der Waals surface area contributed by atoms with Crippen molar-refractivity contribution in [2.45, 2.75) is 6.04 Å². The van der Waals surface area contributed by atoms with E-state index in [1.807, 2.05) is 0 Å². The van der Waals surface area contributed by atoms with E-state index >= 15 is 0 Å². The van der Waals surface area contributed by atoms with Gasteiger partial charge in [-0.15, -0.1) is 0 Å². The van der Waals surface area contributed by atoms with Crippen LogP contribution in [0.4, 0.5) is 5.82 Å². The van der Waals surface area contributed by atoms with E-state index in [9.17, 15) is 9.90 Å². The van der Waals surface area contributed by atoms with Gasteiger partial charge in [-0.3, -0.25) is 0 Å². The van der Waals surface area contributed by atoms with E-state index in [0.29, 0.717) is 33.8 Å². The minimum absolute atomic E-state index is 0.295. The third-order valence-electron chi connectivity index (χ3n) is 3.36. The SMILES string of the molecule is COc1cc2c(NC(CO)C(=O)O)nccc2c(OC)c1OC. The van der Waals surface area contributed by atoms with Crippen LogP contribution >= 0.6 is 0 Å². The number of hydrogen-bond donors (Lipinski definition) is 3. The summed E-state index contributed by atoms with van der Waals surface area (Å²) in [5.74, 6) is 0.408. The number of fused-ring (bicyclic) bond motifs is 1. The van der Waals surface area contributed by atoms with E-state index in [4.69, 9.17) is 19.3 Å². The fourth-order valence-electron chi connectivity index (χ4n) is 2.26. The van der Waals surface area contributed by atoms with Crippen LogP contribution in [0.15, 0.2) is 18.3 Å². The van der Waals surface area contributed by atoms with E-state index < -0.39 is 18.6 Å². The molecule has 1 atom stereocenters. The van der Waals surface area contributed by atoms with E-state index in [-0.39, 0.29) is 0 Å². The standard InChI is InChI=1S/C15H18N2O6/c1-21-11-6-9-8(12(22-2)13(11)23-3)4-5-16-14(9)17-10(7-18)15(19)20/h4-6,10,18H,7H2,1-3H3,(H,16,17)(H,19,20). The zero-order chi connectivity index (χ0) is 17.0. The van der Waals surface area contributed by atoms with Gasteiger partial charge in [0.05, 0.1) is 27.9 Å². The number of methoxy groups -OCH3 is 3. The summed E-state index contributed by atoms with van der Waals surface area (Å²) in [6.07, 6.45) is 1.51. The largest absolute Gasteiger partial charge is 0.493 e. The molecule has 124 valence electrons. The van der Waals surface area contributed by atoms with E-state index in [0.717, 1.165) is 0 Å². The number of benzene rings is 1. The molecule has 2 rings (SSSR count). The predicted molar refractivity (Wildman–Crippen MR) is 83.5 cm³/mol. The highest BCUT2D eigenvalue weighted by molar-refractivity contribution is 6.00. The van der Waals surface area contributed by atoms with Crippen LogP contribution in [0.2, 0.25) is 0 Å². The molecule has 8 heteroatoms. The molecule has 0 fully saturated rings. The Balaban J connectivity index is 2.66. The number of aromatic nitrogens is 1. The van der Waals surface area contributed by atoms with Crippen LogP contribution in [0.1, 0.15) is 0 Å². The molecule has 1 aromatic carbocycles. The highest BCUT2D eigenvalue weighted by Crippen LogP contribution is 2.44. The molecular formula is C15H18N2O6. The number of aliphatic hydroxyl groups excluding tert-OH is 1. The second-order valence-electron chi connectivity index (χ2n) is 4.62. The topological polar surface area (TPSA) is 110 Å². The number of nitrogens with zero attached hydrogens (tertiary/aromatic N) is 1. The first-order valence-corrected chi connectivity index (χ1v) is 6.75. The lowest BCUT2D eigenvalue weighted by atomic mass is 10.1. The number of pyridine rings is 1. The predicted octanol–water partition coefficient (Wildman–Crippen LogP) is 1.12. The van der Waals surface area contributed by atoms with Crippen LogP contribution in [0.3, 0.4) is 0 Å². The summed E-state index contributed by atoms with van der Waals surface area (Å²) in [5, 5.41) is 22.2. The molecule has 0 radical (unpaired) electrons. The number of anilines is 1. The molecule has 2 aromatic rings. The van der Waals surface area contributed by atoms with Crippen LogP contribution in [0, 0.1) is 0 Å². The van der Waals surface area contributed by atoms with E-state index in [2.05, 4.69) is 10.3 Å². The van der Waals surface area contributed by atoms with Gasteiger partial charge in [-0.2, -0.15) is 0 Å². The van der Waals surface area contributed by atoms with Crippen molar-refractivity contribution in [1.29, 1.82) is 0 Å². The molecule has 0 aliphatic rings. The van der Waals surface area contributed by atoms with Crippen LogP contribution in [0.25, 0.3) is 10.8 Å². The first-order chi connectivity index (χ1) is 11.1. The summed E-state index contributed by atoms with van der Waals surface area (Å²) in [5.41, 5.74) is 0. The van der Waals surface area contributed by atoms with Gasteiger partial charge in [-0.1, -0.05) is 0 Å². The van der Waals surface area contributed by atoms with Crippen molar-refractivity contribution in [2.24, 2.45) is 0 Å². The third-order valence-corrected chi connectivity index (χ3v) is 3.36. The Hall–Kier alpha value is -2.74. The summed E-state index contributed by atoms with van der Waals surface area (Å²) < 4.78 is 16.0. The Morgan fingerprint density at radius 2 is 1.91 bits per heavy atom. The molecule has 0 bridgehead atoms. The molecule has 8 nitrogen and oxygen atoms in total. The van der Waals surface area contributed by atoms with Crippen molar-refractivity contribution in [1.82, 2.24) is 4.98 Å².